The van der Waals surface area contributed by atoms with E-state index in [0.29, 0.717) is 0 Å². The molecule has 1 aliphatic heterocycles. The van der Waals surface area contributed by atoms with Gasteiger partial charge in [-0.25, -0.2) is 0 Å². The maximum absolute atomic E-state index is 10.0. The molecular weight excluding hydrogens is 246 g/mol. The molecule has 1 atom stereocenters. The Balaban J connectivity index is 2.04. The molecule has 0 amide bonds. The summed E-state index contributed by atoms with van der Waals surface area (Å²) < 4.78 is 0. The van der Waals surface area contributed by atoms with E-state index < -0.39 is 5.54 Å². The van der Waals surface area contributed by atoms with Crippen LogP contribution in [0.4, 0.5) is 0 Å². The molecule has 106 valence electrons. The summed E-state index contributed by atoms with van der Waals surface area (Å²) in [7, 11) is 0. The van der Waals surface area contributed by atoms with Crippen molar-refractivity contribution in [3.05, 3.63) is 35.4 Å². The van der Waals surface area contributed by atoms with Crippen LogP contribution >= 0.6 is 0 Å². The Morgan fingerprint density at radius 1 is 1.10 bits per heavy atom. The van der Waals surface area contributed by atoms with Crippen LogP contribution in [-0.4, -0.2) is 31.1 Å². The van der Waals surface area contributed by atoms with Crippen molar-refractivity contribution >= 4 is 0 Å². The number of hydrogen-bond donors (Lipinski definition) is 1. The molecule has 3 rings (SSSR count). The maximum Gasteiger partial charge on any atom is 0.135 e. The first-order chi connectivity index (χ1) is 9.87. The van der Waals surface area contributed by atoms with Gasteiger partial charge in [-0.05, 0) is 49.8 Å². The van der Waals surface area contributed by atoms with Gasteiger partial charge in [0.2, 0.25) is 0 Å². The fraction of sp³-hybridized carbons (Fsp3) is 0.588. The predicted octanol–water partition coefficient (Wildman–Crippen LogP) is 2.43. The number of fused-ring (bicyclic) bond motifs is 1. The Morgan fingerprint density at radius 3 is 2.90 bits per heavy atom. The third kappa shape index (κ3) is 2.34. The predicted molar refractivity (Wildman–Crippen MR) is 80.3 cm³/mol. The van der Waals surface area contributed by atoms with E-state index in [2.05, 4.69) is 40.6 Å². The van der Waals surface area contributed by atoms with E-state index in [9.17, 15) is 5.26 Å². The minimum atomic E-state index is -0.404. The van der Waals surface area contributed by atoms with Crippen molar-refractivity contribution in [2.24, 2.45) is 0 Å². The molecule has 1 aliphatic carbocycles. The minimum absolute atomic E-state index is 0.404. The van der Waals surface area contributed by atoms with E-state index in [0.717, 1.165) is 51.9 Å². The van der Waals surface area contributed by atoms with Crippen molar-refractivity contribution in [3.8, 4) is 6.07 Å². The van der Waals surface area contributed by atoms with Gasteiger partial charge in [-0.1, -0.05) is 24.3 Å². The highest BCUT2D eigenvalue weighted by atomic mass is 15.2. The molecule has 1 heterocycles. The lowest BCUT2D eigenvalue weighted by molar-refractivity contribution is 0.135. The van der Waals surface area contributed by atoms with Gasteiger partial charge >= 0.3 is 0 Å². The van der Waals surface area contributed by atoms with Crippen LogP contribution in [0.5, 0.6) is 0 Å². The number of benzene rings is 1. The Morgan fingerprint density at radius 2 is 2.00 bits per heavy atom. The largest absolute Gasteiger partial charge is 0.315 e. The number of aryl methyl sites for hydroxylation is 1. The van der Waals surface area contributed by atoms with Crippen molar-refractivity contribution in [2.75, 3.05) is 26.2 Å². The van der Waals surface area contributed by atoms with Crippen LogP contribution in [0.3, 0.4) is 0 Å². The van der Waals surface area contributed by atoms with E-state index in [1.54, 1.807) is 0 Å². The van der Waals surface area contributed by atoms with Crippen LogP contribution in [0, 0.1) is 11.3 Å². The van der Waals surface area contributed by atoms with Crippen LogP contribution in [0.1, 0.15) is 36.8 Å². The van der Waals surface area contributed by atoms with E-state index in [1.807, 2.05) is 0 Å². The van der Waals surface area contributed by atoms with Crippen molar-refractivity contribution in [1.82, 2.24) is 10.2 Å². The van der Waals surface area contributed by atoms with Gasteiger partial charge in [0, 0.05) is 19.6 Å². The quantitative estimate of drug-likeness (QED) is 0.796. The zero-order valence-electron chi connectivity index (χ0n) is 12.1. The first-order valence-electron chi connectivity index (χ1n) is 7.82. The average molecular weight is 269 g/mol. The lowest BCUT2D eigenvalue weighted by Crippen LogP contribution is -2.47. The van der Waals surface area contributed by atoms with E-state index in [4.69, 9.17) is 0 Å². The van der Waals surface area contributed by atoms with Gasteiger partial charge < -0.3 is 5.32 Å². The number of nitrogens with one attached hydrogen (secondary N) is 1. The number of nitrogens with zero attached hydrogens (tertiary/aromatic N) is 2. The monoisotopic (exact) mass is 269 g/mol. The summed E-state index contributed by atoms with van der Waals surface area (Å²) in [6.45, 7) is 4.06. The number of rotatable bonds is 1. The highest BCUT2D eigenvalue weighted by Crippen LogP contribution is 2.39. The molecule has 1 unspecified atom stereocenters. The van der Waals surface area contributed by atoms with Gasteiger partial charge in [0.1, 0.15) is 5.54 Å². The fourth-order valence-electron chi connectivity index (χ4n) is 3.72. The Hall–Kier alpha value is -1.37. The molecule has 1 aromatic rings. The lowest BCUT2D eigenvalue weighted by atomic mass is 9.83. The molecule has 0 radical (unpaired) electrons. The van der Waals surface area contributed by atoms with Gasteiger partial charge in [0.25, 0.3) is 0 Å². The molecule has 20 heavy (non-hydrogen) atoms. The Labute approximate surface area is 121 Å². The first kappa shape index (κ1) is 13.6. The molecule has 0 saturated carbocycles. The van der Waals surface area contributed by atoms with Crippen molar-refractivity contribution in [1.29, 1.82) is 5.26 Å². The molecule has 2 aliphatic rings. The molecule has 1 aromatic carbocycles. The summed E-state index contributed by atoms with van der Waals surface area (Å²) in [5, 5.41) is 13.5. The van der Waals surface area contributed by atoms with Gasteiger partial charge in [-0.3, -0.25) is 4.90 Å². The summed E-state index contributed by atoms with van der Waals surface area (Å²) in [5.74, 6) is 0. The van der Waals surface area contributed by atoms with Crippen molar-refractivity contribution < 1.29 is 0 Å². The van der Waals surface area contributed by atoms with Crippen LogP contribution in [0.2, 0.25) is 0 Å². The van der Waals surface area contributed by atoms with Crippen LogP contribution in [0.15, 0.2) is 24.3 Å². The smallest absolute Gasteiger partial charge is 0.135 e. The molecule has 1 saturated heterocycles. The van der Waals surface area contributed by atoms with Crippen molar-refractivity contribution in [2.45, 2.75) is 37.6 Å². The van der Waals surface area contributed by atoms with Crippen LogP contribution in [0.25, 0.3) is 0 Å². The van der Waals surface area contributed by atoms with E-state index in [1.165, 1.54) is 17.5 Å². The minimum Gasteiger partial charge on any atom is -0.315 e. The summed E-state index contributed by atoms with van der Waals surface area (Å²) >= 11 is 0. The molecule has 1 N–H and O–H groups in total. The fourth-order valence-corrected chi connectivity index (χ4v) is 3.72. The third-order valence-corrected chi connectivity index (χ3v) is 4.76. The zero-order chi connectivity index (χ0) is 13.8. The second-order valence-electron chi connectivity index (χ2n) is 5.93. The third-order valence-electron chi connectivity index (χ3n) is 4.76. The van der Waals surface area contributed by atoms with Crippen molar-refractivity contribution in [3.63, 3.8) is 0 Å². The topological polar surface area (TPSA) is 39.1 Å². The van der Waals surface area contributed by atoms with Gasteiger partial charge in [-0.15, -0.1) is 0 Å². The number of hydrogen-bond acceptors (Lipinski definition) is 3. The molecule has 0 spiro atoms. The zero-order valence-corrected chi connectivity index (χ0v) is 12.1. The Bertz CT molecular complexity index is 497. The van der Waals surface area contributed by atoms with Crippen LogP contribution in [-0.2, 0) is 12.0 Å². The summed E-state index contributed by atoms with van der Waals surface area (Å²) in [4.78, 5) is 2.43. The van der Waals surface area contributed by atoms with E-state index >= 15 is 0 Å². The summed E-state index contributed by atoms with van der Waals surface area (Å²) in [5.41, 5.74) is 2.24. The lowest BCUT2D eigenvalue weighted by Gasteiger charge is -2.38. The standard InChI is InChI=1S/C17H23N3/c18-14-17(20-12-5-10-19-11-13-20)9-4-3-7-15-6-1-2-8-16(15)17/h1-2,6,8,19H,3-5,7,9-13H2. The normalized spacial score (nSPS) is 27.9. The molecule has 0 aromatic heterocycles. The van der Waals surface area contributed by atoms with Gasteiger partial charge in [-0.2, -0.15) is 5.26 Å². The molecular formula is C17H23N3. The highest BCUT2D eigenvalue weighted by Gasteiger charge is 2.40. The van der Waals surface area contributed by atoms with Gasteiger partial charge in [0.15, 0.2) is 0 Å². The molecule has 1 fully saturated rings. The summed E-state index contributed by atoms with van der Waals surface area (Å²) in [6, 6.07) is 11.3. The SMILES string of the molecule is N#CC1(N2CCCNCC2)CCCCc2ccccc21. The van der Waals surface area contributed by atoms with E-state index in [-0.39, 0.29) is 0 Å². The van der Waals surface area contributed by atoms with Crippen LogP contribution < -0.4 is 5.32 Å². The summed E-state index contributed by atoms with van der Waals surface area (Å²) in [6.07, 6.45) is 5.57. The van der Waals surface area contributed by atoms with Gasteiger partial charge in [0.05, 0.1) is 6.07 Å². The molecule has 3 nitrogen and oxygen atoms in total. The highest BCUT2D eigenvalue weighted by molar-refractivity contribution is 5.40. The molecule has 0 bridgehead atoms. The maximum atomic E-state index is 10.0. The second-order valence-corrected chi connectivity index (χ2v) is 5.93. The second kappa shape index (κ2) is 5.95. The first-order valence-corrected chi connectivity index (χ1v) is 7.82. The number of nitriles is 1. The average Bonchev–Trinajstić information content (AvgIpc) is 2.87. The molecule has 3 heteroatoms. The Kier molecular flexibility index (Phi) is 4.05.